The molecule has 37 heavy (non-hydrogen) atoms. The summed E-state index contributed by atoms with van der Waals surface area (Å²) < 4.78 is 0. The van der Waals surface area contributed by atoms with Crippen LogP contribution in [0.2, 0.25) is 5.02 Å². The topological polar surface area (TPSA) is 80.5 Å². The lowest BCUT2D eigenvalue weighted by Gasteiger charge is -2.22. The number of carbonyl (C=O) groups excluding carboxylic acids is 2. The van der Waals surface area contributed by atoms with Crippen molar-refractivity contribution in [2.24, 2.45) is 23.7 Å². The number of aryl methyl sites for hydroxylation is 2. The number of fused-ring (bicyclic) bond motifs is 5. The van der Waals surface area contributed by atoms with Gasteiger partial charge in [0.1, 0.15) is 5.02 Å². The number of allylic oxidation sites excluding steroid dienone is 3. The minimum atomic E-state index is -0.612. The van der Waals surface area contributed by atoms with Gasteiger partial charge < -0.3 is 0 Å². The van der Waals surface area contributed by atoms with Gasteiger partial charge in [-0.25, -0.2) is 4.90 Å². The smallest absolute Gasteiger partial charge is 0.274 e. The van der Waals surface area contributed by atoms with Crippen LogP contribution >= 0.6 is 11.6 Å². The fraction of sp³-hybridized carbons (Fsp3) is 0.200. The lowest BCUT2D eigenvalue weighted by atomic mass is 9.85. The first-order valence-electron chi connectivity index (χ1n) is 12.1. The first-order chi connectivity index (χ1) is 17.8. The lowest BCUT2D eigenvalue weighted by Crippen LogP contribution is -2.33. The first-order valence-corrected chi connectivity index (χ1v) is 12.5. The van der Waals surface area contributed by atoms with E-state index < -0.39 is 16.8 Å². The summed E-state index contributed by atoms with van der Waals surface area (Å²) in [6.07, 6.45) is 4.09. The average molecular weight is 511 g/mol. The van der Waals surface area contributed by atoms with E-state index in [2.05, 4.69) is 48.5 Å². The molecule has 1 heterocycles. The number of hydrogen-bond donors (Lipinski definition) is 0. The first kappa shape index (κ1) is 23.4. The molecule has 4 atom stereocenters. The van der Waals surface area contributed by atoms with Gasteiger partial charge >= 0.3 is 0 Å². The van der Waals surface area contributed by atoms with Gasteiger partial charge in [-0.05, 0) is 48.3 Å². The van der Waals surface area contributed by atoms with Crippen molar-refractivity contribution in [2.75, 3.05) is 4.90 Å². The van der Waals surface area contributed by atoms with E-state index >= 15 is 0 Å². The molecule has 1 saturated carbocycles. The van der Waals surface area contributed by atoms with Gasteiger partial charge in [0, 0.05) is 17.9 Å². The van der Waals surface area contributed by atoms with Crippen LogP contribution in [0, 0.1) is 47.6 Å². The number of nitrogens with zero attached hydrogens (tertiary/aromatic N) is 2. The van der Waals surface area contributed by atoms with Gasteiger partial charge in [-0.15, -0.1) is 0 Å². The predicted octanol–water partition coefficient (Wildman–Crippen LogP) is 6.29. The van der Waals surface area contributed by atoms with E-state index in [0.29, 0.717) is 0 Å². The molecule has 6 nitrogen and oxygen atoms in total. The van der Waals surface area contributed by atoms with Gasteiger partial charge in [0.05, 0.1) is 22.4 Å². The van der Waals surface area contributed by atoms with Gasteiger partial charge in [-0.2, -0.15) is 0 Å². The van der Waals surface area contributed by atoms with Crippen LogP contribution in [0.1, 0.15) is 22.3 Å². The monoisotopic (exact) mass is 510 g/mol. The number of nitro groups is 1. The molecule has 2 bridgehead atoms. The molecule has 0 N–H and O–H groups in total. The summed E-state index contributed by atoms with van der Waals surface area (Å²) in [6, 6.07) is 20.7. The van der Waals surface area contributed by atoms with Crippen molar-refractivity contribution in [1.29, 1.82) is 0 Å². The Morgan fingerprint density at radius 1 is 0.811 bits per heavy atom. The number of amides is 2. The number of hydrogen-bond acceptors (Lipinski definition) is 4. The highest BCUT2D eigenvalue weighted by atomic mass is 35.5. The van der Waals surface area contributed by atoms with E-state index in [1.807, 2.05) is 26.0 Å². The lowest BCUT2D eigenvalue weighted by molar-refractivity contribution is -0.384. The molecule has 2 aliphatic carbocycles. The van der Waals surface area contributed by atoms with Crippen molar-refractivity contribution in [3.8, 4) is 0 Å². The number of carbonyl (C=O) groups is 2. The second-order valence-electron chi connectivity index (χ2n) is 9.96. The van der Waals surface area contributed by atoms with E-state index in [0.717, 1.165) is 38.3 Å². The van der Waals surface area contributed by atoms with Crippen LogP contribution in [0.3, 0.4) is 0 Å². The molecule has 3 aromatic rings. The summed E-state index contributed by atoms with van der Waals surface area (Å²) in [5.74, 6) is -2.19. The molecule has 0 unspecified atom stereocenters. The fourth-order valence-electron chi connectivity index (χ4n) is 6.07. The average Bonchev–Trinajstić information content (AvgIpc) is 3.51. The zero-order valence-electron chi connectivity index (χ0n) is 20.2. The van der Waals surface area contributed by atoms with Crippen LogP contribution < -0.4 is 4.90 Å². The number of anilines is 1. The zero-order chi connectivity index (χ0) is 26.0. The van der Waals surface area contributed by atoms with E-state index in [1.165, 1.54) is 18.2 Å². The summed E-state index contributed by atoms with van der Waals surface area (Å²) in [5.41, 5.74) is 6.40. The Morgan fingerprint density at radius 3 is 1.76 bits per heavy atom. The molecule has 2 fully saturated rings. The molecule has 0 spiro atoms. The van der Waals surface area contributed by atoms with Crippen LogP contribution in [0.25, 0.3) is 5.57 Å². The Balaban J connectivity index is 1.46. The van der Waals surface area contributed by atoms with Crippen molar-refractivity contribution < 1.29 is 14.5 Å². The number of rotatable bonds is 4. The third-order valence-corrected chi connectivity index (χ3v) is 8.09. The molecule has 184 valence electrons. The van der Waals surface area contributed by atoms with Crippen molar-refractivity contribution in [1.82, 2.24) is 0 Å². The molecule has 7 heteroatoms. The van der Waals surface area contributed by atoms with Crippen molar-refractivity contribution in [2.45, 2.75) is 13.8 Å². The maximum atomic E-state index is 13.7. The van der Waals surface area contributed by atoms with Gasteiger partial charge in [-0.3, -0.25) is 19.7 Å². The molecule has 0 aromatic heterocycles. The molecule has 6 rings (SSSR count). The molecule has 1 aliphatic heterocycles. The molecule has 3 aromatic carbocycles. The quantitative estimate of drug-likeness (QED) is 0.179. The van der Waals surface area contributed by atoms with Crippen LogP contribution in [-0.2, 0) is 9.59 Å². The molecular weight excluding hydrogens is 488 g/mol. The third kappa shape index (κ3) is 3.55. The summed E-state index contributed by atoms with van der Waals surface area (Å²) >= 11 is 5.97. The van der Waals surface area contributed by atoms with Crippen LogP contribution in [0.5, 0.6) is 0 Å². The number of imide groups is 1. The van der Waals surface area contributed by atoms with Crippen LogP contribution in [0.4, 0.5) is 11.4 Å². The van der Waals surface area contributed by atoms with Gasteiger partial charge in [0.2, 0.25) is 11.8 Å². The van der Waals surface area contributed by atoms with E-state index in [9.17, 15) is 19.7 Å². The minimum absolute atomic E-state index is 0.0409. The Morgan fingerprint density at radius 2 is 1.30 bits per heavy atom. The van der Waals surface area contributed by atoms with Crippen molar-refractivity contribution >= 4 is 40.4 Å². The summed E-state index contributed by atoms with van der Waals surface area (Å²) in [4.78, 5) is 39.4. The summed E-state index contributed by atoms with van der Waals surface area (Å²) in [5, 5.41) is 11.4. The number of benzene rings is 3. The highest BCUT2D eigenvalue weighted by Gasteiger charge is 2.62. The number of nitro benzene ring substituents is 1. The minimum Gasteiger partial charge on any atom is -0.274 e. The van der Waals surface area contributed by atoms with Crippen LogP contribution in [0.15, 0.2) is 84.5 Å². The van der Waals surface area contributed by atoms with Crippen molar-refractivity contribution in [3.63, 3.8) is 0 Å². The molecule has 1 saturated heterocycles. The van der Waals surface area contributed by atoms with Crippen LogP contribution in [-0.4, -0.2) is 16.7 Å². The number of halogens is 1. The van der Waals surface area contributed by atoms with Gasteiger partial charge in [0.25, 0.3) is 5.69 Å². The Bertz CT molecular complexity index is 1460. The SMILES string of the molecule is Cc1ccc(C(=C2[C@H]3C=C[C@H]2[C@H]2C(=O)N(c4ccc(Cl)c([N+](=O)[O-])c4)C(=O)[C@@H]23)c2ccc(C)cc2)cc1. The molecule has 3 aliphatic rings. The third-order valence-electron chi connectivity index (χ3n) is 7.77. The fourth-order valence-corrected chi connectivity index (χ4v) is 6.26. The highest BCUT2D eigenvalue weighted by molar-refractivity contribution is 6.33. The summed E-state index contributed by atoms with van der Waals surface area (Å²) in [7, 11) is 0. The Kier molecular flexibility index (Phi) is 5.39. The zero-order valence-corrected chi connectivity index (χ0v) is 21.0. The van der Waals surface area contributed by atoms with E-state index in [1.54, 1.807) is 0 Å². The van der Waals surface area contributed by atoms with E-state index in [4.69, 9.17) is 11.6 Å². The van der Waals surface area contributed by atoms with Gasteiger partial charge in [0.15, 0.2) is 0 Å². The van der Waals surface area contributed by atoms with Gasteiger partial charge in [-0.1, -0.05) is 83.4 Å². The second-order valence-corrected chi connectivity index (χ2v) is 10.4. The Labute approximate surface area is 219 Å². The molecule has 2 amide bonds. The summed E-state index contributed by atoms with van der Waals surface area (Å²) in [6.45, 7) is 4.08. The second kappa shape index (κ2) is 8.53. The maximum absolute atomic E-state index is 13.7. The molecular formula is C30H23ClN2O4. The van der Waals surface area contributed by atoms with Crippen molar-refractivity contribution in [3.05, 3.63) is 122 Å². The standard InChI is InChI=1S/C30H23ClN2O4/c1-16-3-7-18(8-4-16)25(19-9-5-17(2)6-10-19)26-21-12-13-22(26)28-27(21)29(34)32(30(28)35)20-11-14-23(31)24(15-20)33(36)37/h3-15,21-22,27-28H,1-2H3/t21-,22-,27-,28-/m1/s1. The maximum Gasteiger partial charge on any atom is 0.289 e. The van der Waals surface area contributed by atoms with E-state index in [-0.39, 0.29) is 40.0 Å². The Hall–Kier alpha value is -4.03. The normalized spacial score (nSPS) is 23.6. The largest absolute Gasteiger partial charge is 0.289 e. The predicted molar refractivity (Wildman–Crippen MR) is 142 cm³/mol. The molecule has 0 radical (unpaired) electrons. The highest BCUT2D eigenvalue weighted by Crippen LogP contribution is 2.59.